The molecule has 0 aliphatic carbocycles. The van der Waals surface area contributed by atoms with Crippen LogP contribution in [0.1, 0.15) is 24.9 Å². The molecular weight excluding hydrogens is 222 g/mol. The topological polar surface area (TPSA) is 38.0 Å². The van der Waals surface area contributed by atoms with Gasteiger partial charge in [-0.15, -0.1) is 0 Å². The number of hydrogen-bond acceptors (Lipinski definition) is 2. The second kappa shape index (κ2) is 7.14. The van der Waals surface area contributed by atoms with E-state index in [9.17, 15) is 8.78 Å². The van der Waals surface area contributed by atoms with Gasteiger partial charge in [0.1, 0.15) is 11.6 Å². The molecule has 0 fully saturated rings. The van der Waals surface area contributed by atoms with Crippen molar-refractivity contribution < 1.29 is 8.78 Å². The molecule has 94 valence electrons. The number of nitrogens with one attached hydrogen (secondary N) is 1. The number of hydrogen-bond donors (Lipinski definition) is 2. The summed E-state index contributed by atoms with van der Waals surface area (Å²) in [5.74, 6) is -1.15. The summed E-state index contributed by atoms with van der Waals surface area (Å²) in [6.45, 7) is 2.98. The number of allylic oxidation sites excluding steroid dienone is 1. The Hall–Kier alpha value is -1.26. The van der Waals surface area contributed by atoms with Crippen molar-refractivity contribution in [2.75, 3.05) is 13.1 Å². The van der Waals surface area contributed by atoms with E-state index in [1.54, 1.807) is 0 Å². The second-order valence-electron chi connectivity index (χ2n) is 3.80. The molecule has 0 heterocycles. The molecule has 1 atom stereocenters. The highest BCUT2D eigenvalue weighted by Crippen LogP contribution is 2.15. The first-order valence-corrected chi connectivity index (χ1v) is 5.68. The summed E-state index contributed by atoms with van der Waals surface area (Å²) in [5.41, 5.74) is 6.14. The van der Waals surface area contributed by atoms with Gasteiger partial charge in [0.25, 0.3) is 0 Å². The molecule has 1 unspecified atom stereocenters. The normalized spacial score (nSPS) is 13.2. The SMILES string of the molecule is C/C=C/CCNC(CN)c1cc(F)cc(F)c1. The van der Waals surface area contributed by atoms with E-state index >= 15 is 0 Å². The lowest BCUT2D eigenvalue weighted by Gasteiger charge is -2.17. The summed E-state index contributed by atoms with van der Waals surface area (Å²) in [6, 6.07) is 3.26. The quantitative estimate of drug-likeness (QED) is 0.592. The van der Waals surface area contributed by atoms with Crippen molar-refractivity contribution in [1.82, 2.24) is 5.32 Å². The average molecular weight is 240 g/mol. The Morgan fingerprint density at radius 1 is 1.29 bits per heavy atom. The summed E-state index contributed by atoms with van der Waals surface area (Å²) in [6.07, 6.45) is 4.85. The second-order valence-corrected chi connectivity index (χ2v) is 3.80. The van der Waals surface area contributed by atoms with E-state index in [0.29, 0.717) is 12.1 Å². The van der Waals surface area contributed by atoms with Gasteiger partial charge in [-0.1, -0.05) is 12.2 Å². The predicted molar refractivity (Wildman–Crippen MR) is 65.6 cm³/mol. The van der Waals surface area contributed by atoms with Gasteiger partial charge in [-0.25, -0.2) is 8.78 Å². The minimum absolute atomic E-state index is 0.217. The largest absolute Gasteiger partial charge is 0.329 e. The summed E-state index contributed by atoms with van der Waals surface area (Å²) < 4.78 is 26.1. The van der Waals surface area contributed by atoms with Gasteiger partial charge in [0, 0.05) is 18.7 Å². The van der Waals surface area contributed by atoms with Crippen LogP contribution in [0.15, 0.2) is 30.4 Å². The van der Waals surface area contributed by atoms with Gasteiger partial charge >= 0.3 is 0 Å². The first kappa shape index (κ1) is 13.8. The zero-order valence-corrected chi connectivity index (χ0v) is 9.92. The molecule has 0 saturated carbocycles. The summed E-state index contributed by atoms with van der Waals surface area (Å²) >= 11 is 0. The average Bonchev–Trinajstić information content (AvgIpc) is 2.28. The Balaban J connectivity index is 2.65. The molecule has 4 heteroatoms. The van der Waals surface area contributed by atoms with Gasteiger partial charge in [0.15, 0.2) is 0 Å². The van der Waals surface area contributed by atoms with Crippen molar-refractivity contribution in [2.24, 2.45) is 5.73 Å². The first-order valence-electron chi connectivity index (χ1n) is 5.68. The van der Waals surface area contributed by atoms with Crippen molar-refractivity contribution in [3.8, 4) is 0 Å². The Morgan fingerprint density at radius 2 is 1.94 bits per heavy atom. The highest BCUT2D eigenvalue weighted by atomic mass is 19.1. The van der Waals surface area contributed by atoms with Crippen LogP contribution in [0.2, 0.25) is 0 Å². The Morgan fingerprint density at radius 3 is 2.47 bits per heavy atom. The molecule has 0 aliphatic heterocycles. The van der Waals surface area contributed by atoms with E-state index < -0.39 is 11.6 Å². The molecular formula is C13H18F2N2. The van der Waals surface area contributed by atoms with Gasteiger partial charge < -0.3 is 11.1 Å². The molecule has 3 N–H and O–H groups in total. The molecule has 0 aliphatic rings. The van der Waals surface area contributed by atoms with E-state index in [2.05, 4.69) is 5.32 Å². The van der Waals surface area contributed by atoms with E-state index in [1.807, 2.05) is 19.1 Å². The Kier molecular flexibility index (Phi) is 5.80. The zero-order chi connectivity index (χ0) is 12.7. The van der Waals surface area contributed by atoms with Gasteiger partial charge in [-0.3, -0.25) is 0 Å². The Labute approximate surface area is 101 Å². The van der Waals surface area contributed by atoms with E-state index in [-0.39, 0.29) is 6.04 Å². The number of benzene rings is 1. The highest BCUT2D eigenvalue weighted by Gasteiger charge is 2.10. The van der Waals surface area contributed by atoms with Crippen LogP contribution in [0.4, 0.5) is 8.78 Å². The molecule has 1 aromatic rings. The molecule has 0 saturated heterocycles. The summed E-state index contributed by atoms with van der Waals surface area (Å²) in [5, 5.41) is 3.17. The van der Waals surface area contributed by atoms with Crippen LogP contribution in [0, 0.1) is 11.6 Å². The maximum Gasteiger partial charge on any atom is 0.126 e. The molecule has 17 heavy (non-hydrogen) atoms. The standard InChI is InChI=1S/C13H18F2N2/c1-2-3-4-5-17-13(9-16)10-6-11(14)8-12(15)7-10/h2-3,6-8,13,17H,4-5,9,16H2,1H3/b3-2+. The zero-order valence-electron chi connectivity index (χ0n) is 9.92. The predicted octanol–water partition coefficient (Wildman–Crippen LogP) is 2.52. The number of rotatable bonds is 6. The maximum atomic E-state index is 13.0. The highest BCUT2D eigenvalue weighted by molar-refractivity contribution is 5.21. The van der Waals surface area contributed by atoms with Crippen LogP contribution in [0.3, 0.4) is 0 Å². The molecule has 1 aromatic carbocycles. The monoisotopic (exact) mass is 240 g/mol. The maximum absolute atomic E-state index is 13.0. The van der Waals surface area contributed by atoms with E-state index in [4.69, 9.17) is 5.73 Å². The molecule has 1 rings (SSSR count). The van der Waals surface area contributed by atoms with Gasteiger partial charge in [0.05, 0.1) is 0 Å². The minimum Gasteiger partial charge on any atom is -0.329 e. The van der Waals surface area contributed by atoms with Gasteiger partial charge in [-0.05, 0) is 37.6 Å². The first-order chi connectivity index (χ1) is 8.17. The third-order valence-electron chi connectivity index (χ3n) is 2.46. The van der Waals surface area contributed by atoms with Crippen LogP contribution in [-0.4, -0.2) is 13.1 Å². The van der Waals surface area contributed by atoms with Crippen molar-refractivity contribution >= 4 is 0 Å². The number of nitrogens with two attached hydrogens (primary N) is 1. The molecule has 0 amide bonds. The molecule has 2 nitrogen and oxygen atoms in total. The molecule has 0 aromatic heterocycles. The summed E-state index contributed by atoms with van der Waals surface area (Å²) in [4.78, 5) is 0. The van der Waals surface area contributed by atoms with Crippen molar-refractivity contribution in [1.29, 1.82) is 0 Å². The van der Waals surface area contributed by atoms with Crippen LogP contribution in [0.25, 0.3) is 0 Å². The third kappa shape index (κ3) is 4.63. The van der Waals surface area contributed by atoms with E-state index in [0.717, 1.165) is 19.0 Å². The van der Waals surface area contributed by atoms with Crippen molar-refractivity contribution in [2.45, 2.75) is 19.4 Å². The fraction of sp³-hybridized carbons (Fsp3) is 0.385. The van der Waals surface area contributed by atoms with Crippen LogP contribution in [-0.2, 0) is 0 Å². The molecule has 0 spiro atoms. The summed E-state index contributed by atoms with van der Waals surface area (Å²) in [7, 11) is 0. The number of halogens is 2. The fourth-order valence-corrected chi connectivity index (χ4v) is 1.62. The van der Waals surface area contributed by atoms with Crippen molar-refractivity contribution in [3.63, 3.8) is 0 Å². The van der Waals surface area contributed by atoms with E-state index in [1.165, 1.54) is 12.1 Å². The molecule has 0 radical (unpaired) electrons. The van der Waals surface area contributed by atoms with Crippen LogP contribution >= 0.6 is 0 Å². The fourth-order valence-electron chi connectivity index (χ4n) is 1.62. The third-order valence-corrected chi connectivity index (χ3v) is 2.46. The van der Waals surface area contributed by atoms with Crippen molar-refractivity contribution in [3.05, 3.63) is 47.5 Å². The smallest absolute Gasteiger partial charge is 0.126 e. The van der Waals surface area contributed by atoms with Gasteiger partial charge in [0.2, 0.25) is 0 Å². The lowest BCUT2D eigenvalue weighted by molar-refractivity contribution is 0.529. The molecule has 0 bridgehead atoms. The lowest BCUT2D eigenvalue weighted by atomic mass is 10.1. The lowest BCUT2D eigenvalue weighted by Crippen LogP contribution is -2.29. The minimum atomic E-state index is -0.575. The van der Waals surface area contributed by atoms with Crippen LogP contribution in [0.5, 0.6) is 0 Å². The van der Waals surface area contributed by atoms with Gasteiger partial charge in [-0.2, -0.15) is 0 Å². The van der Waals surface area contributed by atoms with Crippen LogP contribution < -0.4 is 11.1 Å². The Bertz CT molecular complexity index is 357.